The number of aromatic nitrogens is 1. The maximum Gasteiger partial charge on any atom is 0.247 e. The molecule has 1 unspecified atom stereocenters. The highest BCUT2D eigenvalue weighted by Gasteiger charge is 2.30. The molecule has 1 fully saturated rings. The van der Waals surface area contributed by atoms with Crippen LogP contribution < -0.4 is 5.32 Å². The monoisotopic (exact) mass is 297 g/mol. The molecule has 0 spiro atoms. The number of rotatable bonds is 2. The van der Waals surface area contributed by atoms with E-state index in [0.29, 0.717) is 12.8 Å². The number of aryl methyl sites for hydroxylation is 1. The summed E-state index contributed by atoms with van der Waals surface area (Å²) in [5, 5.41) is 4.96. The smallest absolute Gasteiger partial charge is 0.247 e. The van der Waals surface area contributed by atoms with Gasteiger partial charge in [-0.3, -0.25) is 14.6 Å². The molecule has 1 atom stereocenters. The van der Waals surface area contributed by atoms with E-state index in [0.717, 1.165) is 28.4 Å². The van der Waals surface area contributed by atoms with Crippen molar-refractivity contribution in [2.45, 2.75) is 32.2 Å². The Bertz CT molecular complexity index is 742. The number of carbonyl (C=O) groups excluding carboxylic acids is 2. The second-order valence-corrected chi connectivity index (χ2v) is 5.76. The van der Waals surface area contributed by atoms with Crippen LogP contribution in [0.2, 0.25) is 0 Å². The molecule has 0 saturated carbocycles. The summed E-state index contributed by atoms with van der Waals surface area (Å²) in [6.45, 7) is 1.96. The number of fused-ring (bicyclic) bond motifs is 1. The van der Waals surface area contributed by atoms with Crippen LogP contribution in [0, 0.1) is 6.92 Å². The van der Waals surface area contributed by atoms with E-state index in [1.54, 1.807) is 24.3 Å². The zero-order valence-electron chi connectivity index (χ0n) is 12.8. The highest BCUT2D eigenvalue weighted by Crippen LogP contribution is 2.27. The van der Waals surface area contributed by atoms with Crippen LogP contribution in [-0.2, 0) is 9.59 Å². The van der Waals surface area contributed by atoms with Crippen LogP contribution in [0.5, 0.6) is 0 Å². The fourth-order valence-corrected chi connectivity index (χ4v) is 2.95. The number of nitrogens with zero attached hydrogens (tertiary/aromatic N) is 2. The predicted octanol–water partition coefficient (Wildman–Crippen LogP) is 2.49. The number of anilines is 1. The van der Waals surface area contributed by atoms with Gasteiger partial charge in [0.2, 0.25) is 11.8 Å². The Hall–Kier alpha value is -2.43. The van der Waals surface area contributed by atoms with Crippen molar-refractivity contribution in [2.75, 3.05) is 12.4 Å². The molecule has 22 heavy (non-hydrogen) atoms. The number of piperidine rings is 1. The average molecular weight is 297 g/mol. The molecule has 5 heteroatoms. The quantitative estimate of drug-likeness (QED) is 0.926. The Morgan fingerprint density at radius 1 is 1.36 bits per heavy atom. The highest BCUT2D eigenvalue weighted by molar-refractivity contribution is 6.05. The summed E-state index contributed by atoms with van der Waals surface area (Å²) in [5.41, 5.74) is 1.80. The summed E-state index contributed by atoms with van der Waals surface area (Å²) in [4.78, 5) is 30.0. The molecule has 2 amide bonds. The maximum absolute atomic E-state index is 12.6. The minimum atomic E-state index is -0.391. The van der Waals surface area contributed by atoms with Gasteiger partial charge < -0.3 is 10.2 Å². The molecule has 114 valence electrons. The van der Waals surface area contributed by atoms with E-state index >= 15 is 0 Å². The molecule has 1 aromatic carbocycles. The van der Waals surface area contributed by atoms with E-state index in [2.05, 4.69) is 10.3 Å². The molecule has 5 nitrogen and oxygen atoms in total. The number of pyridine rings is 1. The minimum absolute atomic E-state index is 0.0326. The first-order valence-corrected chi connectivity index (χ1v) is 7.48. The molecule has 1 saturated heterocycles. The van der Waals surface area contributed by atoms with E-state index < -0.39 is 6.04 Å². The normalized spacial score (nSPS) is 18.5. The van der Waals surface area contributed by atoms with Gasteiger partial charge in [-0.25, -0.2) is 0 Å². The van der Waals surface area contributed by atoms with Gasteiger partial charge in [-0.2, -0.15) is 0 Å². The van der Waals surface area contributed by atoms with E-state index in [1.165, 1.54) is 0 Å². The van der Waals surface area contributed by atoms with Crippen LogP contribution in [0.15, 0.2) is 30.6 Å². The molecule has 0 radical (unpaired) electrons. The van der Waals surface area contributed by atoms with E-state index in [-0.39, 0.29) is 11.8 Å². The first-order chi connectivity index (χ1) is 10.6. The molecule has 1 aliphatic heterocycles. The molecule has 3 rings (SSSR count). The van der Waals surface area contributed by atoms with Crippen molar-refractivity contribution in [2.24, 2.45) is 0 Å². The molecule has 0 bridgehead atoms. The molecule has 1 aromatic heterocycles. The van der Waals surface area contributed by atoms with E-state index in [9.17, 15) is 9.59 Å². The van der Waals surface area contributed by atoms with Crippen LogP contribution in [0.1, 0.15) is 24.8 Å². The summed E-state index contributed by atoms with van der Waals surface area (Å²) < 4.78 is 0. The highest BCUT2D eigenvalue weighted by atomic mass is 16.2. The number of hydrogen-bond acceptors (Lipinski definition) is 3. The number of benzene rings is 1. The molecule has 0 aliphatic carbocycles. The molecule has 2 heterocycles. The third-order valence-corrected chi connectivity index (χ3v) is 4.31. The summed E-state index contributed by atoms with van der Waals surface area (Å²) >= 11 is 0. The summed E-state index contributed by atoms with van der Waals surface area (Å²) in [6, 6.07) is 5.46. The summed E-state index contributed by atoms with van der Waals surface area (Å²) in [7, 11) is 1.70. The largest absolute Gasteiger partial charge is 0.334 e. The number of likely N-dealkylation sites (N-methyl/N-ethyl adjacent to an activating group) is 1. The van der Waals surface area contributed by atoms with Crippen LogP contribution in [0.25, 0.3) is 10.8 Å². The first kappa shape index (κ1) is 14.5. The van der Waals surface area contributed by atoms with Crippen LogP contribution in [-0.4, -0.2) is 34.8 Å². The van der Waals surface area contributed by atoms with Gasteiger partial charge >= 0.3 is 0 Å². The van der Waals surface area contributed by atoms with Gasteiger partial charge in [-0.1, -0.05) is 12.1 Å². The van der Waals surface area contributed by atoms with Crippen molar-refractivity contribution in [1.82, 2.24) is 9.88 Å². The van der Waals surface area contributed by atoms with Crippen LogP contribution in [0.4, 0.5) is 5.69 Å². The van der Waals surface area contributed by atoms with Crippen molar-refractivity contribution in [3.8, 4) is 0 Å². The molecular weight excluding hydrogens is 278 g/mol. The number of likely N-dealkylation sites (tertiary alicyclic amines) is 1. The lowest BCUT2D eigenvalue weighted by Crippen LogP contribution is -2.47. The lowest BCUT2D eigenvalue weighted by molar-refractivity contribution is -0.140. The van der Waals surface area contributed by atoms with Gasteiger partial charge in [-0.15, -0.1) is 0 Å². The molecule has 2 aromatic rings. The fourth-order valence-electron chi connectivity index (χ4n) is 2.95. The molecular formula is C17H19N3O2. The second kappa shape index (κ2) is 5.75. The Morgan fingerprint density at radius 3 is 3.00 bits per heavy atom. The maximum atomic E-state index is 12.6. The number of carbonyl (C=O) groups is 2. The lowest BCUT2D eigenvalue weighted by Gasteiger charge is -2.31. The Balaban J connectivity index is 1.91. The standard InChI is InChI=1S/C17H19N3O2/c1-11-6-7-12-10-18-9-8-13(12)16(11)19-17(22)14-4-3-5-15(21)20(14)2/h6-10,14H,3-5H2,1-2H3,(H,19,22). The van der Waals surface area contributed by atoms with Gasteiger partial charge in [0.25, 0.3) is 0 Å². The third-order valence-electron chi connectivity index (χ3n) is 4.31. The zero-order chi connectivity index (χ0) is 15.7. The first-order valence-electron chi connectivity index (χ1n) is 7.48. The Morgan fingerprint density at radius 2 is 2.18 bits per heavy atom. The fraction of sp³-hybridized carbons (Fsp3) is 0.353. The van der Waals surface area contributed by atoms with Crippen molar-refractivity contribution in [3.05, 3.63) is 36.2 Å². The summed E-state index contributed by atoms with van der Waals surface area (Å²) in [6.07, 6.45) is 5.49. The van der Waals surface area contributed by atoms with Gasteiger partial charge in [-0.05, 0) is 31.4 Å². The van der Waals surface area contributed by atoms with Gasteiger partial charge in [0.15, 0.2) is 0 Å². The van der Waals surface area contributed by atoms with Crippen molar-refractivity contribution < 1.29 is 9.59 Å². The Labute approximate surface area is 129 Å². The van der Waals surface area contributed by atoms with Crippen molar-refractivity contribution >= 4 is 28.3 Å². The molecule has 1 aliphatic rings. The Kier molecular flexibility index (Phi) is 3.79. The molecule has 1 N–H and O–H groups in total. The van der Waals surface area contributed by atoms with Gasteiger partial charge in [0.1, 0.15) is 6.04 Å². The second-order valence-electron chi connectivity index (χ2n) is 5.76. The topological polar surface area (TPSA) is 62.3 Å². The average Bonchev–Trinajstić information content (AvgIpc) is 2.52. The van der Waals surface area contributed by atoms with Gasteiger partial charge in [0.05, 0.1) is 5.69 Å². The number of amides is 2. The minimum Gasteiger partial charge on any atom is -0.334 e. The van der Waals surface area contributed by atoms with Crippen molar-refractivity contribution in [1.29, 1.82) is 0 Å². The van der Waals surface area contributed by atoms with Crippen LogP contribution >= 0.6 is 0 Å². The van der Waals surface area contributed by atoms with E-state index in [1.807, 2.05) is 25.1 Å². The zero-order valence-corrected chi connectivity index (χ0v) is 12.8. The third kappa shape index (κ3) is 2.54. The lowest BCUT2D eigenvalue weighted by atomic mass is 10.0. The van der Waals surface area contributed by atoms with Gasteiger partial charge in [0, 0.05) is 36.6 Å². The van der Waals surface area contributed by atoms with E-state index in [4.69, 9.17) is 0 Å². The predicted molar refractivity (Wildman–Crippen MR) is 85.5 cm³/mol. The summed E-state index contributed by atoms with van der Waals surface area (Å²) in [5.74, 6) is -0.0896. The SMILES string of the molecule is Cc1ccc2cnccc2c1NC(=O)C1CCCC(=O)N1C. The van der Waals surface area contributed by atoms with Crippen LogP contribution in [0.3, 0.4) is 0 Å². The van der Waals surface area contributed by atoms with Crippen molar-refractivity contribution in [3.63, 3.8) is 0 Å². The number of hydrogen-bond donors (Lipinski definition) is 1. The number of nitrogens with one attached hydrogen (secondary N) is 1.